The van der Waals surface area contributed by atoms with E-state index in [9.17, 15) is 0 Å². The van der Waals surface area contributed by atoms with E-state index in [1.807, 2.05) is 0 Å². The molecule has 1 heterocycles. The van der Waals surface area contributed by atoms with Gasteiger partial charge in [0.2, 0.25) is 0 Å². The van der Waals surface area contributed by atoms with Crippen LogP contribution in [-0.4, -0.2) is 86.2 Å². The molecule has 0 aromatic rings. The van der Waals surface area contributed by atoms with Crippen LogP contribution in [0.15, 0.2) is 0 Å². The first-order valence-corrected chi connectivity index (χ1v) is 4.40. The summed E-state index contributed by atoms with van der Waals surface area (Å²) in [5.41, 5.74) is 5.36. The van der Waals surface area contributed by atoms with E-state index >= 15 is 0 Å². The van der Waals surface area contributed by atoms with Crippen LogP contribution in [0.25, 0.3) is 0 Å². The van der Waals surface area contributed by atoms with Crippen LogP contribution in [0.1, 0.15) is 0 Å². The molecule has 0 saturated carbocycles. The third-order valence-electron chi connectivity index (χ3n) is 1.30. The molecule has 11 heavy (non-hydrogen) atoms. The van der Waals surface area contributed by atoms with Gasteiger partial charge in [-0.2, -0.15) is 0 Å². The van der Waals surface area contributed by atoms with Crippen LogP contribution in [0, 0.1) is 0 Å². The molecule has 6 heteroatoms. The average molecular weight is 217 g/mol. The summed E-state index contributed by atoms with van der Waals surface area (Å²) in [4.78, 5) is 0. The summed E-state index contributed by atoms with van der Waals surface area (Å²) in [5, 5.41) is 3.25. The summed E-state index contributed by atoms with van der Waals surface area (Å²) in [6.07, 6.45) is 0. The van der Waals surface area contributed by atoms with Crippen molar-refractivity contribution in [1.29, 1.82) is 0 Å². The van der Waals surface area contributed by atoms with Crippen molar-refractivity contribution in [3.8, 4) is 0 Å². The molecule has 1 rings (SSSR count). The molecule has 1 aliphatic rings. The number of nitrogens with one attached hydrogen (secondary N) is 1. The van der Waals surface area contributed by atoms with Gasteiger partial charge in [-0.1, -0.05) is 12.2 Å². The van der Waals surface area contributed by atoms with Crippen LogP contribution in [0.3, 0.4) is 0 Å². The topological polar surface area (TPSA) is 41.3 Å². The molecule has 1 saturated heterocycles. The van der Waals surface area contributed by atoms with Crippen molar-refractivity contribution in [3.05, 3.63) is 0 Å². The van der Waals surface area contributed by atoms with Crippen molar-refractivity contribution >= 4 is 79.9 Å². The molecule has 0 bridgehead atoms. The van der Waals surface area contributed by atoms with E-state index in [-0.39, 0.29) is 51.4 Å². The summed E-state index contributed by atoms with van der Waals surface area (Å²) in [7, 11) is 0. The molecular weight excluding hydrogens is 205 g/mol. The molecule has 3 N–H and O–H groups in total. The number of hydrogen-bond donors (Lipinski definition) is 2. The Hall–Kier alpha value is 1.80. The van der Waals surface area contributed by atoms with Gasteiger partial charge >= 0.3 is 51.4 Å². The molecule has 0 radical (unpaired) electrons. The zero-order valence-electron chi connectivity index (χ0n) is 5.67. The Morgan fingerprint density at radius 3 is 2.45 bits per heavy atom. The number of piperazine rings is 1. The summed E-state index contributed by atoms with van der Waals surface area (Å²) in [6.45, 7) is 4.13. The number of nitrogens with zero attached hydrogens (tertiary/aromatic N) is 1. The molecule has 0 aliphatic carbocycles. The van der Waals surface area contributed by atoms with Gasteiger partial charge < -0.3 is 11.1 Å². The molecule has 60 valence electrons. The SMILES string of the molecule is NC(=S)SN1CCNCC1.[KH]. The van der Waals surface area contributed by atoms with Gasteiger partial charge in [-0.15, -0.1) is 0 Å². The molecule has 0 aromatic heterocycles. The second-order valence-electron chi connectivity index (χ2n) is 2.09. The first kappa shape index (κ1) is 12.8. The third-order valence-corrected chi connectivity index (χ3v) is 2.32. The van der Waals surface area contributed by atoms with E-state index in [2.05, 4.69) is 9.62 Å². The fraction of sp³-hybridized carbons (Fsp3) is 0.800. The Morgan fingerprint density at radius 1 is 1.45 bits per heavy atom. The molecular formula is C5H12KN3S2. The zero-order chi connectivity index (χ0) is 7.40. The summed E-state index contributed by atoms with van der Waals surface area (Å²) in [5.74, 6) is 0. The van der Waals surface area contributed by atoms with Gasteiger partial charge in [-0.05, 0) is 11.9 Å². The third kappa shape index (κ3) is 5.95. The van der Waals surface area contributed by atoms with Crippen molar-refractivity contribution in [3.63, 3.8) is 0 Å². The number of rotatable bonds is 1. The first-order valence-electron chi connectivity index (χ1n) is 3.22. The number of nitrogens with two attached hydrogens (primary N) is 1. The van der Waals surface area contributed by atoms with Crippen LogP contribution in [0.4, 0.5) is 0 Å². The quantitative estimate of drug-likeness (QED) is 0.340. The van der Waals surface area contributed by atoms with E-state index in [1.165, 1.54) is 11.9 Å². The number of hydrogen-bond acceptors (Lipinski definition) is 4. The molecule has 0 atom stereocenters. The Labute approximate surface area is 119 Å². The van der Waals surface area contributed by atoms with Crippen molar-refractivity contribution < 1.29 is 0 Å². The van der Waals surface area contributed by atoms with Crippen LogP contribution in [0.2, 0.25) is 0 Å². The second-order valence-corrected chi connectivity index (χ2v) is 3.93. The molecule has 0 spiro atoms. The van der Waals surface area contributed by atoms with E-state index in [0.29, 0.717) is 4.32 Å². The summed E-state index contributed by atoms with van der Waals surface area (Å²) >= 11 is 6.23. The molecule has 3 nitrogen and oxygen atoms in total. The molecule has 0 amide bonds. The average Bonchev–Trinajstić information content (AvgIpc) is 1.88. The minimum absolute atomic E-state index is 0. The van der Waals surface area contributed by atoms with Crippen LogP contribution in [-0.2, 0) is 0 Å². The van der Waals surface area contributed by atoms with Crippen molar-refractivity contribution in [1.82, 2.24) is 9.62 Å². The maximum atomic E-state index is 5.36. The predicted molar refractivity (Wildman–Crippen MR) is 56.0 cm³/mol. The van der Waals surface area contributed by atoms with Crippen molar-refractivity contribution in [2.75, 3.05) is 26.2 Å². The Balaban J connectivity index is 0.000001000. The zero-order valence-corrected chi connectivity index (χ0v) is 7.30. The molecule has 1 aliphatic heterocycles. The van der Waals surface area contributed by atoms with E-state index in [4.69, 9.17) is 18.0 Å². The van der Waals surface area contributed by atoms with Crippen LogP contribution >= 0.6 is 24.2 Å². The van der Waals surface area contributed by atoms with Gasteiger partial charge in [-0.3, -0.25) is 0 Å². The van der Waals surface area contributed by atoms with E-state index in [0.717, 1.165) is 26.2 Å². The summed E-state index contributed by atoms with van der Waals surface area (Å²) < 4.78 is 2.70. The minimum atomic E-state index is 0. The van der Waals surface area contributed by atoms with Gasteiger partial charge in [0.25, 0.3) is 0 Å². The first-order chi connectivity index (χ1) is 4.79. The van der Waals surface area contributed by atoms with Gasteiger partial charge in [0.05, 0.1) is 0 Å². The molecule has 0 aromatic carbocycles. The van der Waals surface area contributed by atoms with Gasteiger partial charge in [0.1, 0.15) is 4.32 Å². The normalized spacial score (nSPS) is 18.9. The van der Waals surface area contributed by atoms with Crippen LogP contribution < -0.4 is 11.1 Å². The molecule has 0 unspecified atom stereocenters. The van der Waals surface area contributed by atoms with Crippen molar-refractivity contribution in [2.24, 2.45) is 5.73 Å². The second kappa shape index (κ2) is 7.22. The fourth-order valence-corrected chi connectivity index (χ4v) is 1.80. The predicted octanol–water partition coefficient (Wildman–Crippen LogP) is -0.865. The monoisotopic (exact) mass is 217 g/mol. The fourth-order valence-electron chi connectivity index (χ4n) is 0.863. The van der Waals surface area contributed by atoms with Crippen molar-refractivity contribution in [2.45, 2.75) is 0 Å². The number of thiocarbonyl (C=S) groups is 1. The Bertz CT molecular complexity index is 127. The Morgan fingerprint density at radius 2 is 2.00 bits per heavy atom. The molecule has 1 fully saturated rings. The van der Waals surface area contributed by atoms with E-state index in [1.54, 1.807) is 0 Å². The van der Waals surface area contributed by atoms with Gasteiger partial charge in [0, 0.05) is 26.2 Å². The van der Waals surface area contributed by atoms with E-state index < -0.39 is 0 Å². The maximum absolute atomic E-state index is 5.36. The van der Waals surface area contributed by atoms with Gasteiger partial charge in [-0.25, -0.2) is 4.31 Å². The summed E-state index contributed by atoms with van der Waals surface area (Å²) in [6, 6.07) is 0. The standard InChI is InChI=1S/C5H11N3S2.K.H/c6-5(9)10-8-3-1-7-2-4-8;;/h7H,1-4H2,(H2,6,9);;. The Kier molecular flexibility index (Phi) is 8.40. The van der Waals surface area contributed by atoms with Crippen LogP contribution in [0.5, 0.6) is 0 Å². The van der Waals surface area contributed by atoms with Gasteiger partial charge in [0.15, 0.2) is 0 Å².